The van der Waals surface area contributed by atoms with Crippen LogP contribution in [0.1, 0.15) is 24.5 Å². The van der Waals surface area contributed by atoms with E-state index in [4.69, 9.17) is 20.3 Å². The molecule has 1 aliphatic heterocycles. The van der Waals surface area contributed by atoms with Crippen LogP contribution in [-0.4, -0.2) is 30.3 Å². The standard InChI is InChI=1S/C14H19NO4/c1-2-9-7-12-13(19-5-3-4-18-12)8-10(9)6-11(15)14(16)17/h7-8,11H,2-6,15H2,1H3,(H,16,17). The van der Waals surface area contributed by atoms with E-state index in [1.165, 1.54) is 0 Å². The molecule has 0 fully saturated rings. The first-order valence-electron chi connectivity index (χ1n) is 6.51. The quantitative estimate of drug-likeness (QED) is 0.859. The third kappa shape index (κ3) is 3.17. The number of aliphatic carboxylic acids is 1. The van der Waals surface area contributed by atoms with E-state index in [2.05, 4.69) is 0 Å². The first kappa shape index (κ1) is 13.7. The van der Waals surface area contributed by atoms with Crippen LogP contribution >= 0.6 is 0 Å². The second-order valence-corrected chi connectivity index (χ2v) is 4.62. The van der Waals surface area contributed by atoms with Crippen LogP contribution in [0.3, 0.4) is 0 Å². The number of benzene rings is 1. The van der Waals surface area contributed by atoms with E-state index in [0.717, 1.165) is 29.7 Å². The second kappa shape index (κ2) is 5.93. The molecule has 3 N–H and O–H groups in total. The number of carboxylic acids is 1. The molecule has 1 atom stereocenters. The number of ether oxygens (including phenoxy) is 2. The topological polar surface area (TPSA) is 81.8 Å². The number of fused-ring (bicyclic) bond motifs is 1. The van der Waals surface area contributed by atoms with Gasteiger partial charge >= 0.3 is 5.97 Å². The van der Waals surface area contributed by atoms with Crippen LogP contribution in [-0.2, 0) is 17.6 Å². The number of rotatable bonds is 4. The smallest absolute Gasteiger partial charge is 0.320 e. The summed E-state index contributed by atoms with van der Waals surface area (Å²) >= 11 is 0. The fourth-order valence-corrected chi connectivity index (χ4v) is 2.14. The van der Waals surface area contributed by atoms with Crippen LogP contribution in [0, 0.1) is 0 Å². The summed E-state index contributed by atoms with van der Waals surface area (Å²) in [5.74, 6) is 0.429. The predicted molar refractivity (Wildman–Crippen MR) is 70.7 cm³/mol. The van der Waals surface area contributed by atoms with Crippen molar-refractivity contribution in [1.82, 2.24) is 0 Å². The highest BCUT2D eigenvalue weighted by molar-refractivity contribution is 5.73. The van der Waals surface area contributed by atoms with Gasteiger partial charge in [0.15, 0.2) is 11.5 Å². The molecule has 1 aromatic rings. The highest BCUT2D eigenvalue weighted by Gasteiger charge is 2.18. The average Bonchev–Trinajstić information content (AvgIpc) is 2.62. The Morgan fingerprint density at radius 3 is 2.42 bits per heavy atom. The molecule has 104 valence electrons. The number of carboxylic acid groups (broad SMARTS) is 1. The molecule has 1 aliphatic rings. The number of aryl methyl sites for hydroxylation is 1. The molecule has 5 heteroatoms. The molecular weight excluding hydrogens is 246 g/mol. The van der Waals surface area contributed by atoms with Gasteiger partial charge in [0, 0.05) is 6.42 Å². The largest absolute Gasteiger partial charge is 0.490 e. The summed E-state index contributed by atoms with van der Waals surface area (Å²) in [5, 5.41) is 8.91. The van der Waals surface area contributed by atoms with Crippen molar-refractivity contribution in [3.05, 3.63) is 23.3 Å². The molecule has 1 heterocycles. The number of hydrogen-bond donors (Lipinski definition) is 2. The van der Waals surface area contributed by atoms with Crippen molar-refractivity contribution in [3.63, 3.8) is 0 Å². The molecule has 0 saturated heterocycles. The van der Waals surface area contributed by atoms with Crippen LogP contribution in [0.25, 0.3) is 0 Å². The monoisotopic (exact) mass is 265 g/mol. The molecule has 5 nitrogen and oxygen atoms in total. The summed E-state index contributed by atoms with van der Waals surface area (Å²) in [5.41, 5.74) is 7.58. The second-order valence-electron chi connectivity index (χ2n) is 4.62. The minimum Gasteiger partial charge on any atom is -0.490 e. The van der Waals surface area contributed by atoms with Crippen molar-refractivity contribution in [2.24, 2.45) is 5.73 Å². The van der Waals surface area contributed by atoms with E-state index < -0.39 is 12.0 Å². The van der Waals surface area contributed by atoms with Crippen molar-refractivity contribution >= 4 is 5.97 Å². The van der Waals surface area contributed by atoms with E-state index >= 15 is 0 Å². The Balaban J connectivity index is 2.31. The van der Waals surface area contributed by atoms with Crippen LogP contribution < -0.4 is 15.2 Å². The van der Waals surface area contributed by atoms with E-state index in [-0.39, 0.29) is 0 Å². The van der Waals surface area contributed by atoms with Gasteiger partial charge in [-0.2, -0.15) is 0 Å². The van der Waals surface area contributed by atoms with Crippen molar-refractivity contribution < 1.29 is 19.4 Å². The van der Waals surface area contributed by atoms with Gasteiger partial charge in [-0.05, 0) is 36.1 Å². The summed E-state index contributed by atoms with van der Waals surface area (Å²) in [6, 6.07) is 2.90. The lowest BCUT2D eigenvalue weighted by atomic mass is 9.98. The van der Waals surface area contributed by atoms with Gasteiger partial charge in [0.1, 0.15) is 6.04 Å². The summed E-state index contributed by atoms with van der Waals surface area (Å²) in [4.78, 5) is 10.9. The lowest BCUT2D eigenvalue weighted by Crippen LogP contribution is -2.32. The van der Waals surface area contributed by atoms with Crippen molar-refractivity contribution in [1.29, 1.82) is 0 Å². The van der Waals surface area contributed by atoms with Gasteiger partial charge in [-0.3, -0.25) is 4.79 Å². The minimum absolute atomic E-state index is 0.301. The van der Waals surface area contributed by atoms with Gasteiger partial charge in [0.25, 0.3) is 0 Å². The lowest BCUT2D eigenvalue weighted by molar-refractivity contribution is -0.138. The fourth-order valence-electron chi connectivity index (χ4n) is 2.14. The molecule has 0 aromatic heterocycles. The van der Waals surface area contributed by atoms with Gasteiger partial charge in [-0.15, -0.1) is 0 Å². The Kier molecular flexibility index (Phi) is 4.27. The van der Waals surface area contributed by atoms with Crippen molar-refractivity contribution in [3.8, 4) is 11.5 Å². The SMILES string of the molecule is CCc1cc2c(cc1CC(N)C(=O)O)OCCCO2. The molecular formula is C14H19NO4. The summed E-state index contributed by atoms with van der Waals surface area (Å²) < 4.78 is 11.2. The van der Waals surface area contributed by atoms with Gasteiger partial charge < -0.3 is 20.3 Å². The molecule has 0 bridgehead atoms. The maximum Gasteiger partial charge on any atom is 0.320 e. The molecule has 19 heavy (non-hydrogen) atoms. The Morgan fingerprint density at radius 2 is 1.89 bits per heavy atom. The Hall–Kier alpha value is -1.75. The molecule has 0 spiro atoms. The first-order chi connectivity index (χ1) is 9.11. The third-order valence-corrected chi connectivity index (χ3v) is 3.21. The van der Waals surface area contributed by atoms with Crippen LogP contribution in [0.4, 0.5) is 0 Å². The number of nitrogens with two attached hydrogens (primary N) is 1. The van der Waals surface area contributed by atoms with E-state index in [1.807, 2.05) is 19.1 Å². The Bertz CT molecular complexity index is 473. The van der Waals surface area contributed by atoms with Gasteiger partial charge in [-0.25, -0.2) is 0 Å². The lowest BCUT2D eigenvalue weighted by Gasteiger charge is -2.15. The molecule has 1 aromatic carbocycles. The molecule has 2 rings (SSSR count). The van der Waals surface area contributed by atoms with E-state index in [0.29, 0.717) is 25.4 Å². The Morgan fingerprint density at radius 1 is 1.32 bits per heavy atom. The molecule has 0 aliphatic carbocycles. The zero-order valence-electron chi connectivity index (χ0n) is 11.0. The summed E-state index contributed by atoms with van der Waals surface area (Å²) in [6.45, 7) is 3.28. The van der Waals surface area contributed by atoms with E-state index in [9.17, 15) is 4.79 Å². The van der Waals surface area contributed by atoms with Crippen LogP contribution in [0.5, 0.6) is 11.5 Å². The first-order valence-corrected chi connectivity index (χ1v) is 6.51. The van der Waals surface area contributed by atoms with Crippen molar-refractivity contribution in [2.75, 3.05) is 13.2 Å². The zero-order valence-corrected chi connectivity index (χ0v) is 11.0. The van der Waals surface area contributed by atoms with Crippen LogP contribution in [0.15, 0.2) is 12.1 Å². The Labute approximate surface area is 112 Å². The zero-order chi connectivity index (χ0) is 13.8. The number of carbonyl (C=O) groups is 1. The highest BCUT2D eigenvalue weighted by Crippen LogP contribution is 2.33. The van der Waals surface area contributed by atoms with Gasteiger partial charge in [-0.1, -0.05) is 6.92 Å². The summed E-state index contributed by atoms with van der Waals surface area (Å²) in [6.07, 6.45) is 1.95. The predicted octanol–water partition coefficient (Wildman–Crippen LogP) is 1.36. The van der Waals surface area contributed by atoms with Crippen molar-refractivity contribution in [2.45, 2.75) is 32.2 Å². The van der Waals surface area contributed by atoms with Gasteiger partial charge in [0.05, 0.1) is 13.2 Å². The molecule has 0 radical (unpaired) electrons. The van der Waals surface area contributed by atoms with Crippen LogP contribution in [0.2, 0.25) is 0 Å². The normalized spacial score (nSPS) is 15.7. The maximum atomic E-state index is 10.9. The van der Waals surface area contributed by atoms with E-state index in [1.54, 1.807) is 0 Å². The fraction of sp³-hybridized carbons (Fsp3) is 0.500. The molecule has 0 amide bonds. The maximum absolute atomic E-state index is 10.9. The minimum atomic E-state index is -0.992. The molecule has 1 unspecified atom stereocenters. The highest BCUT2D eigenvalue weighted by atomic mass is 16.5. The summed E-state index contributed by atoms with van der Waals surface area (Å²) in [7, 11) is 0. The van der Waals surface area contributed by atoms with Gasteiger partial charge in [0.2, 0.25) is 0 Å². The third-order valence-electron chi connectivity index (χ3n) is 3.21. The number of hydrogen-bond acceptors (Lipinski definition) is 4. The molecule has 0 saturated carbocycles. The average molecular weight is 265 g/mol.